The van der Waals surface area contributed by atoms with Crippen molar-refractivity contribution in [2.75, 3.05) is 11.9 Å². The number of benzene rings is 1. The number of nitrogens with two attached hydrogens (primary N) is 1. The summed E-state index contributed by atoms with van der Waals surface area (Å²) >= 11 is 0. The third-order valence-corrected chi connectivity index (χ3v) is 3.15. The van der Waals surface area contributed by atoms with Crippen LogP contribution >= 0.6 is 24.0 Å². The molecule has 0 amide bonds. The Morgan fingerprint density at radius 1 is 1.29 bits per heavy atom. The Bertz CT molecular complexity index is 618. The number of nitrogens with one attached hydrogen (secondary N) is 1. The van der Waals surface area contributed by atoms with Crippen molar-refractivity contribution < 1.29 is 0 Å². The summed E-state index contributed by atoms with van der Waals surface area (Å²) in [5.41, 5.74) is 10.5. The quantitative estimate of drug-likeness (QED) is 0.472. The molecule has 2 rings (SSSR count). The third kappa shape index (κ3) is 5.37. The van der Waals surface area contributed by atoms with E-state index in [4.69, 9.17) is 5.73 Å². The molecule has 0 radical (unpaired) electrons. The number of aromatic nitrogens is 2. The molecule has 1 heterocycles. The van der Waals surface area contributed by atoms with Crippen LogP contribution in [0.5, 0.6) is 0 Å². The smallest absolute Gasteiger partial charge is 0.193 e. The van der Waals surface area contributed by atoms with E-state index in [1.165, 1.54) is 11.1 Å². The minimum Gasteiger partial charge on any atom is -0.370 e. The highest BCUT2D eigenvalue weighted by Crippen LogP contribution is 2.13. The number of anilines is 1. The molecule has 114 valence electrons. The maximum atomic E-state index is 5.87. The van der Waals surface area contributed by atoms with Gasteiger partial charge in [0.15, 0.2) is 5.96 Å². The van der Waals surface area contributed by atoms with Gasteiger partial charge in [-0.2, -0.15) is 5.10 Å². The predicted molar refractivity (Wildman–Crippen MR) is 98.4 cm³/mol. The zero-order valence-electron chi connectivity index (χ0n) is 12.6. The molecule has 0 fully saturated rings. The molecule has 1 aromatic carbocycles. The fraction of sp³-hybridized carbons (Fsp3) is 0.333. The van der Waals surface area contributed by atoms with Crippen LogP contribution < -0.4 is 11.1 Å². The standard InChI is InChI=1S/C15H21N5.HI/c1-11-9-18-20(10-11)7-6-17-15(16)19-14-5-4-12(2)13(3)8-14;/h4-5,8-10H,6-7H2,1-3H3,(H3,16,17,19);1H. The Morgan fingerprint density at radius 3 is 2.67 bits per heavy atom. The summed E-state index contributed by atoms with van der Waals surface area (Å²) in [6.07, 6.45) is 3.82. The van der Waals surface area contributed by atoms with E-state index in [-0.39, 0.29) is 24.0 Å². The fourth-order valence-electron chi connectivity index (χ4n) is 1.87. The van der Waals surface area contributed by atoms with Gasteiger partial charge in [-0.25, -0.2) is 0 Å². The van der Waals surface area contributed by atoms with Crippen LogP contribution in [0.25, 0.3) is 0 Å². The van der Waals surface area contributed by atoms with Crippen molar-refractivity contribution in [3.8, 4) is 0 Å². The van der Waals surface area contributed by atoms with Gasteiger partial charge < -0.3 is 11.1 Å². The molecule has 0 unspecified atom stereocenters. The van der Waals surface area contributed by atoms with Gasteiger partial charge in [0.25, 0.3) is 0 Å². The van der Waals surface area contributed by atoms with Crippen LogP contribution in [0.2, 0.25) is 0 Å². The van der Waals surface area contributed by atoms with Crippen LogP contribution in [0.1, 0.15) is 16.7 Å². The number of halogens is 1. The van der Waals surface area contributed by atoms with Crippen LogP contribution in [-0.2, 0) is 6.54 Å². The number of aliphatic imine (C=N–C) groups is 1. The van der Waals surface area contributed by atoms with Crippen LogP contribution in [-0.4, -0.2) is 22.3 Å². The SMILES string of the molecule is Cc1cnn(CCN=C(N)Nc2ccc(C)c(C)c2)c1.I. The molecule has 0 spiro atoms. The molecule has 1 aromatic heterocycles. The summed E-state index contributed by atoms with van der Waals surface area (Å²) in [5.74, 6) is 0.428. The van der Waals surface area contributed by atoms with Gasteiger partial charge in [-0.05, 0) is 49.6 Å². The summed E-state index contributed by atoms with van der Waals surface area (Å²) < 4.78 is 1.86. The third-order valence-electron chi connectivity index (χ3n) is 3.15. The number of rotatable bonds is 4. The number of hydrogen-bond acceptors (Lipinski definition) is 2. The van der Waals surface area contributed by atoms with E-state index in [9.17, 15) is 0 Å². The van der Waals surface area contributed by atoms with Crippen LogP contribution in [0.15, 0.2) is 35.6 Å². The molecule has 5 nitrogen and oxygen atoms in total. The topological polar surface area (TPSA) is 68.2 Å². The van der Waals surface area contributed by atoms with Gasteiger partial charge >= 0.3 is 0 Å². The highest BCUT2D eigenvalue weighted by atomic mass is 127. The van der Waals surface area contributed by atoms with Crippen molar-refractivity contribution in [2.24, 2.45) is 10.7 Å². The second-order valence-corrected chi connectivity index (χ2v) is 4.97. The van der Waals surface area contributed by atoms with E-state index >= 15 is 0 Å². The Labute approximate surface area is 142 Å². The molecule has 0 atom stereocenters. The number of aryl methyl sites for hydroxylation is 3. The van der Waals surface area contributed by atoms with Crippen molar-refractivity contribution in [1.29, 1.82) is 0 Å². The average molecular weight is 399 g/mol. The first-order valence-electron chi connectivity index (χ1n) is 6.68. The summed E-state index contributed by atoms with van der Waals surface area (Å²) in [5, 5.41) is 7.30. The lowest BCUT2D eigenvalue weighted by Gasteiger charge is -2.08. The summed E-state index contributed by atoms with van der Waals surface area (Å²) in [6, 6.07) is 6.13. The Balaban J connectivity index is 0.00000220. The lowest BCUT2D eigenvalue weighted by molar-refractivity contribution is 0.625. The Morgan fingerprint density at radius 2 is 2.05 bits per heavy atom. The maximum absolute atomic E-state index is 5.87. The van der Waals surface area contributed by atoms with Gasteiger partial charge in [-0.3, -0.25) is 9.67 Å². The van der Waals surface area contributed by atoms with E-state index in [0.717, 1.165) is 17.8 Å². The molecule has 0 aliphatic heterocycles. The lowest BCUT2D eigenvalue weighted by atomic mass is 10.1. The molecule has 2 aromatic rings. The number of guanidine groups is 1. The van der Waals surface area contributed by atoms with E-state index in [2.05, 4.69) is 41.4 Å². The first-order valence-corrected chi connectivity index (χ1v) is 6.68. The lowest BCUT2D eigenvalue weighted by Crippen LogP contribution is -2.23. The van der Waals surface area contributed by atoms with Crippen LogP contribution in [0, 0.1) is 20.8 Å². The highest BCUT2D eigenvalue weighted by molar-refractivity contribution is 14.0. The van der Waals surface area contributed by atoms with E-state index < -0.39 is 0 Å². The second kappa shape index (κ2) is 8.02. The van der Waals surface area contributed by atoms with Crippen molar-refractivity contribution in [2.45, 2.75) is 27.3 Å². The summed E-state index contributed by atoms with van der Waals surface area (Å²) in [4.78, 5) is 4.30. The zero-order chi connectivity index (χ0) is 14.5. The fourth-order valence-corrected chi connectivity index (χ4v) is 1.87. The molecule has 0 aliphatic rings. The largest absolute Gasteiger partial charge is 0.370 e. The van der Waals surface area contributed by atoms with E-state index in [1.807, 2.05) is 30.1 Å². The number of nitrogens with zero attached hydrogens (tertiary/aromatic N) is 3. The normalized spacial score (nSPS) is 11.1. The van der Waals surface area contributed by atoms with Crippen molar-refractivity contribution in [3.05, 3.63) is 47.3 Å². The summed E-state index contributed by atoms with van der Waals surface area (Å²) in [7, 11) is 0. The highest BCUT2D eigenvalue weighted by Gasteiger charge is 1.98. The summed E-state index contributed by atoms with van der Waals surface area (Å²) in [6.45, 7) is 7.51. The molecule has 6 heteroatoms. The Kier molecular flexibility index (Phi) is 6.67. The van der Waals surface area contributed by atoms with Crippen LogP contribution in [0.4, 0.5) is 5.69 Å². The molecular weight excluding hydrogens is 377 g/mol. The van der Waals surface area contributed by atoms with Gasteiger partial charge in [0.05, 0.1) is 19.3 Å². The maximum Gasteiger partial charge on any atom is 0.193 e. The Hall–Kier alpha value is -1.57. The molecular formula is C15H22IN5. The minimum atomic E-state index is 0. The molecule has 21 heavy (non-hydrogen) atoms. The van der Waals surface area contributed by atoms with Gasteiger partial charge in [0.1, 0.15) is 0 Å². The number of hydrogen-bond donors (Lipinski definition) is 2. The van der Waals surface area contributed by atoms with Crippen molar-refractivity contribution in [1.82, 2.24) is 9.78 Å². The van der Waals surface area contributed by atoms with Gasteiger partial charge in [0, 0.05) is 11.9 Å². The molecule has 0 bridgehead atoms. The van der Waals surface area contributed by atoms with E-state index in [0.29, 0.717) is 12.5 Å². The second-order valence-electron chi connectivity index (χ2n) is 4.97. The molecule has 3 N–H and O–H groups in total. The minimum absolute atomic E-state index is 0. The predicted octanol–water partition coefficient (Wildman–Crippen LogP) is 2.85. The van der Waals surface area contributed by atoms with Gasteiger partial charge in [-0.15, -0.1) is 24.0 Å². The first kappa shape index (κ1) is 17.5. The van der Waals surface area contributed by atoms with Crippen molar-refractivity contribution >= 4 is 35.6 Å². The van der Waals surface area contributed by atoms with Gasteiger partial charge in [-0.1, -0.05) is 6.07 Å². The van der Waals surface area contributed by atoms with Crippen LogP contribution in [0.3, 0.4) is 0 Å². The first-order chi connectivity index (χ1) is 9.54. The van der Waals surface area contributed by atoms with E-state index in [1.54, 1.807) is 0 Å². The molecule has 0 saturated carbocycles. The average Bonchev–Trinajstić information content (AvgIpc) is 2.80. The molecule has 0 saturated heterocycles. The zero-order valence-corrected chi connectivity index (χ0v) is 15.0. The monoisotopic (exact) mass is 399 g/mol. The van der Waals surface area contributed by atoms with Crippen molar-refractivity contribution in [3.63, 3.8) is 0 Å². The van der Waals surface area contributed by atoms with Gasteiger partial charge in [0.2, 0.25) is 0 Å². The molecule has 0 aliphatic carbocycles.